The van der Waals surface area contributed by atoms with Crippen LogP contribution in [0.5, 0.6) is 5.75 Å². The number of halogens is 1. The standard InChI is InChI=1S/C30H35ClN2O3/c1-5-14-32-30(35)27(18-24-10-7-6-8-11-24)33(19-25-12-9-13-26(31)17-25)29(34)20-36-28-16-21(2)15-22(3)23(28)4/h6-13,15-17,27H,5,14,18-20H2,1-4H3,(H,32,35)/t27-/m0/s1. The molecule has 0 spiro atoms. The van der Waals surface area contributed by atoms with E-state index >= 15 is 0 Å². The molecule has 36 heavy (non-hydrogen) atoms. The van der Waals surface area contributed by atoms with Gasteiger partial charge in [0.05, 0.1) is 0 Å². The Morgan fingerprint density at radius 2 is 1.69 bits per heavy atom. The van der Waals surface area contributed by atoms with Gasteiger partial charge in [0.15, 0.2) is 6.61 Å². The van der Waals surface area contributed by atoms with Crippen molar-refractivity contribution >= 4 is 23.4 Å². The van der Waals surface area contributed by atoms with E-state index in [0.29, 0.717) is 23.7 Å². The van der Waals surface area contributed by atoms with Gasteiger partial charge in [0.2, 0.25) is 5.91 Å². The number of ether oxygens (including phenoxy) is 1. The molecule has 5 nitrogen and oxygen atoms in total. The molecule has 0 aromatic heterocycles. The number of carbonyl (C=O) groups excluding carboxylic acids is 2. The highest BCUT2D eigenvalue weighted by Gasteiger charge is 2.30. The molecule has 0 aliphatic heterocycles. The van der Waals surface area contributed by atoms with Gasteiger partial charge in [-0.2, -0.15) is 0 Å². The highest BCUT2D eigenvalue weighted by atomic mass is 35.5. The fourth-order valence-electron chi connectivity index (χ4n) is 4.13. The van der Waals surface area contributed by atoms with Crippen LogP contribution in [0.3, 0.4) is 0 Å². The van der Waals surface area contributed by atoms with Crippen molar-refractivity contribution in [1.82, 2.24) is 10.2 Å². The summed E-state index contributed by atoms with van der Waals surface area (Å²) in [4.78, 5) is 28.7. The molecule has 190 valence electrons. The van der Waals surface area contributed by atoms with Crippen molar-refractivity contribution in [1.29, 1.82) is 0 Å². The van der Waals surface area contributed by atoms with Crippen LogP contribution in [0, 0.1) is 20.8 Å². The smallest absolute Gasteiger partial charge is 0.261 e. The van der Waals surface area contributed by atoms with Gasteiger partial charge in [0.25, 0.3) is 5.91 Å². The van der Waals surface area contributed by atoms with E-state index in [1.165, 1.54) is 0 Å². The summed E-state index contributed by atoms with van der Waals surface area (Å²) < 4.78 is 6.01. The fourth-order valence-corrected chi connectivity index (χ4v) is 4.34. The van der Waals surface area contributed by atoms with Gasteiger partial charge in [-0.15, -0.1) is 0 Å². The van der Waals surface area contributed by atoms with Crippen molar-refractivity contribution in [2.45, 2.75) is 53.1 Å². The summed E-state index contributed by atoms with van der Waals surface area (Å²) >= 11 is 6.23. The maximum atomic E-state index is 13.7. The average molecular weight is 507 g/mol. The van der Waals surface area contributed by atoms with Crippen molar-refractivity contribution in [2.24, 2.45) is 0 Å². The Morgan fingerprint density at radius 3 is 2.39 bits per heavy atom. The lowest BCUT2D eigenvalue weighted by molar-refractivity contribution is -0.142. The van der Waals surface area contributed by atoms with Crippen molar-refractivity contribution in [3.05, 3.63) is 99.6 Å². The minimum Gasteiger partial charge on any atom is -0.483 e. The van der Waals surface area contributed by atoms with Crippen molar-refractivity contribution < 1.29 is 14.3 Å². The number of nitrogens with zero attached hydrogens (tertiary/aromatic N) is 1. The SMILES string of the molecule is CCCNC(=O)[C@H](Cc1ccccc1)N(Cc1cccc(Cl)c1)C(=O)COc1cc(C)cc(C)c1C. The largest absolute Gasteiger partial charge is 0.483 e. The number of hydrogen-bond donors (Lipinski definition) is 1. The molecule has 0 heterocycles. The first-order chi connectivity index (χ1) is 17.3. The summed E-state index contributed by atoms with van der Waals surface area (Å²) in [5.41, 5.74) is 4.99. The van der Waals surface area contributed by atoms with Crippen LogP contribution in [-0.4, -0.2) is 35.9 Å². The number of carbonyl (C=O) groups is 2. The number of amides is 2. The lowest BCUT2D eigenvalue weighted by Crippen LogP contribution is -2.51. The summed E-state index contributed by atoms with van der Waals surface area (Å²) in [6.07, 6.45) is 1.20. The van der Waals surface area contributed by atoms with Gasteiger partial charge in [-0.3, -0.25) is 9.59 Å². The summed E-state index contributed by atoms with van der Waals surface area (Å²) in [5, 5.41) is 3.56. The third kappa shape index (κ3) is 7.59. The first kappa shape index (κ1) is 27.3. The van der Waals surface area contributed by atoms with Crippen LogP contribution in [0.4, 0.5) is 0 Å². The molecule has 0 fully saturated rings. The van der Waals surface area contributed by atoms with Gasteiger partial charge < -0.3 is 15.0 Å². The number of hydrogen-bond acceptors (Lipinski definition) is 3. The Morgan fingerprint density at radius 1 is 0.972 bits per heavy atom. The predicted molar refractivity (Wildman–Crippen MR) is 145 cm³/mol. The second kappa shape index (κ2) is 13.1. The molecule has 2 amide bonds. The molecule has 3 aromatic rings. The Hall–Kier alpha value is -3.31. The zero-order valence-electron chi connectivity index (χ0n) is 21.5. The van der Waals surface area contributed by atoms with Crippen molar-refractivity contribution in [3.8, 4) is 5.75 Å². The molecule has 3 rings (SSSR count). The lowest BCUT2D eigenvalue weighted by atomic mass is 10.0. The molecule has 0 saturated heterocycles. The summed E-state index contributed by atoms with van der Waals surface area (Å²) in [6, 6.07) is 20.4. The molecule has 6 heteroatoms. The van der Waals surface area contributed by atoms with Crippen LogP contribution in [0.2, 0.25) is 5.02 Å². The molecule has 0 aliphatic carbocycles. The third-order valence-electron chi connectivity index (χ3n) is 6.18. The molecule has 0 unspecified atom stereocenters. The summed E-state index contributed by atoms with van der Waals surface area (Å²) in [6.45, 7) is 8.62. The number of benzene rings is 3. The van der Waals surface area contributed by atoms with Crippen molar-refractivity contribution in [3.63, 3.8) is 0 Å². The number of aryl methyl sites for hydroxylation is 2. The molecule has 0 bridgehead atoms. The molecule has 0 saturated carbocycles. The van der Waals surface area contributed by atoms with Gasteiger partial charge in [-0.1, -0.05) is 67.1 Å². The van der Waals surface area contributed by atoms with Crippen LogP contribution in [0.15, 0.2) is 66.7 Å². The van der Waals surface area contributed by atoms with Crippen molar-refractivity contribution in [2.75, 3.05) is 13.2 Å². The fraction of sp³-hybridized carbons (Fsp3) is 0.333. The quantitative estimate of drug-likeness (QED) is 0.357. The van der Waals surface area contributed by atoms with Crippen LogP contribution in [0.1, 0.15) is 41.2 Å². The highest BCUT2D eigenvalue weighted by Crippen LogP contribution is 2.24. The van der Waals surface area contributed by atoms with E-state index < -0.39 is 6.04 Å². The molecule has 1 N–H and O–H groups in total. The van der Waals surface area contributed by atoms with Gasteiger partial charge in [-0.05, 0) is 73.2 Å². The zero-order valence-corrected chi connectivity index (χ0v) is 22.3. The van der Waals surface area contributed by atoms with Gasteiger partial charge in [0.1, 0.15) is 11.8 Å². The monoisotopic (exact) mass is 506 g/mol. The predicted octanol–water partition coefficient (Wildman–Crippen LogP) is 5.81. The Kier molecular flexibility index (Phi) is 9.95. The highest BCUT2D eigenvalue weighted by molar-refractivity contribution is 6.30. The first-order valence-electron chi connectivity index (χ1n) is 12.3. The first-order valence-corrected chi connectivity index (χ1v) is 12.7. The Bertz CT molecular complexity index is 1180. The van der Waals surface area contributed by atoms with E-state index in [4.69, 9.17) is 16.3 Å². The third-order valence-corrected chi connectivity index (χ3v) is 6.41. The van der Waals surface area contributed by atoms with Crippen LogP contribution < -0.4 is 10.1 Å². The second-order valence-corrected chi connectivity index (χ2v) is 9.58. The molecule has 3 aromatic carbocycles. The topological polar surface area (TPSA) is 58.6 Å². The lowest BCUT2D eigenvalue weighted by Gasteiger charge is -2.31. The molecular weight excluding hydrogens is 472 g/mol. The average Bonchev–Trinajstić information content (AvgIpc) is 2.86. The van der Waals surface area contributed by atoms with Gasteiger partial charge in [0, 0.05) is 24.5 Å². The maximum absolute atomic E-state index is 13.7. The van der Waals surface area contributed by atoms with E-state index in [0.717, 1.165) is 34.2 Å². The second-order valence-electron chi connectivity index (χ2n) is 9.14. The van der Waals surface area contributed by atoms with E-state index in [1.807, 2.05) is 82.3 Å². The summed E-state index contributed by atoms with van der Waals surface area (Å²) in [7, 11) is 0. The van der Waals surface area contributed by atoms with Gasteiger partial charge >= 0.3 is 0 Å². The van der Waals surface area contributed by atoms with Gasteiger partial charge in [-0.25, -0.2) is 0 Å². The van der Waals surface area contributed by atoms with Crippen LogP contribution in [0.25, 0.3) is 0 Å². The molecule has 0 radical (unpaired) electrons. The zero-order chi connectivity index (χ0) is 26.1. The van der Waals surface area contributed by atoms with E-state index in [9.17, 15) is 9.59 Å². The normalized spacial score (nSPS) is 11.6. The summed E-state index contributed by atoms with van der Waals surface area (Å²) in [5.74, 6) is 0.235. The molecule has 1 atom stereocenters. The minimum absolute atomic E-state index is 0.170. The van der Waals surface area contributed by atoms with E-state index in [-0.39, 0.29) is 25.0 Å². The van der Waals surface area contributed by atoms with Crippen LogP contribution in [-0.2, 0) is 22.6 Å². The Labute approximate surface area is 219 Å². The maximum Gasteiger partial charge on any atom is 0.261 e. The number of nitrogens with one attached hydrogen (secondary N) is 1. The van der Waals surface area contributed by atoms with Crippen LogP contribution >= 0.6 is 11.6 Å². The Balaban J connectivity index is 1.92. The molecule has 0 aliphatic rings. The minimum atomic E-state index is -0.700. The van der Waals surface area contributed by atoms with E-state index in [2.05, 4.69) is 11.4 Å². The number of rotatable bonds is 11. The molecular formula is C30H35ClN2O3. The van der Waals surface area contributed by atoms with E-state index in [1.54, 1.807) is 11.0 Å².